The first-order valence-corrected chi connectivity index (χ1v) is 20.9. The second-order valence-electron chi connectivity index (χ2n) is 14.9. The van der Waals surface area contributed by atoms with Crippen LogP contribution in [0.15, 0.2) is 67.0 Å². The summed E-state index contributed by atoms with van der Waals surface area (Å²) in [6, 6.07) is 20.4. The maximum Gasteiger partial charge on any atom is 0.142 e. The minimum atomic E-state index is 0.217. The van der Waals surface area contributed by atoms with Crippen molar-refractivity contribution in [3.05, 3.63) is 123 Å². The van der Waals surface area contributed by atoms with Gasteiger partial charge in [-0.15, -0.1) is 0 Å². The molecule has 10 nitrogen and oxygen atoms in total. The van der Waals surface area contributed by atoms with Gasteiger partial charge in [-0.25, -0.2) is 4.98 Å². The Hall–Kier alpha value is -4.92. The fourth-order valence-electron chi connectivity index (χ4n) is 7.61. The van der Waals surface area contributed by atoms with E-state index < -0.39 is 0 Å². The van der Waals surface area contributed by atoms with E-state index in [2.05, 4.69) is 89.9 Å². The van der Waals surface area contributed by atoms with E-state index in [1.165, 1.54) is 31.6 Å². The Morgan fingerprint density at radius 2 is 1.62 bits per heavy atom. The smallest absolute Gasteiger partial charge is 0.142 e. The van der Waals surface area contributed by atoms with E-state index in [-0.39, 0.29) is 6.61 Å². The molecular formula is C47H57ClN6O4. The highest BCUT2D eigenvalue weighted by molar-refractivity contribution is 6.32. The van der Waals surface area contributed by atoms with Gasteiger partial charge in [-0.05, 0) is 105 Å². The Balaban J connectivity index is 1.21. The number of aryl methyl sites for hydroxylation is 2. The first kappa shape index (κ1) is 42.7. The lowest BCUT2D eigenvalue weighted by Crippen LogP contribution is -2.27. The monoisotopic (exact) mass is 804 g/mol. The summed E-state index contributed by atoms with van der Waals surface area (Å²) in [4.78, 5) is 17.5. The van der Waals surface area contributed by atoms with Crippen LogP contribution < -0.4 is 14.2 Å². The average molecular weight is 805 g/mol. The zero-order chi connectivity index (χ0) is 40.9. The lowest BCUT2D eigenvalue weighted by atomic mass is 9.93. The summed E-state index contributed by atoms with van der Waals surface area (Å²) in [5.74, 6) is 2.99. The van der Waals surface area contributed by atoms with Crippen LogP contribution in [0.2, 0.25) is 5.02 Å². The van der Waals surface area contributed by atoms with Crippen molar-refractivity contribution in [1.82, 2.24) is 24.8 Å². The lowest BCUT2D eigenvalue weighted by molar-refractivity contribution is 0.137. The van der Waals surface area contributed by atoms with Crippen LogP contribution in [0.4, 0.5) is 0 Å². The molecule has 5 aromatic rings. The number of nitriles is 1. The van der Waals surface area contributed by atoms with Gasteiger partial charge < -0.3 is 28.8 Å². The quantitative estimate of drug-likeness (QED) is 0.0726. The summed E-state index contributed by atoms with van der Waals surface area (Å²) in [7, 11) is 1.71. The Morgan fingerprint density at radius 1 is 0.845 bits per heavy atom. The maximum absolute atomic E-state index is 9.46. The molecule has 0 bridgehead atoms. The van der Waals surface area contributed by atoms with E-state index in [4.69, 9.17) is 35.5 Å². The molecular weight excluding hydrogens is 748 g/mol. The van der Waals surface area contributed by atoms with Crippen LogP contribution in [-0.4, -0.2) is 71.3 Å². The predicted molar refractivity (Wildman–Crippen MR) is 230 cm³/mol. The van der Waals surface area contributed by atoms with E-state index in [0.29, 0.717) is 61.5 Å². The lowest BCUT2D eigenvalue weighted by Gasteiger charge is -2.23. The van der Waals surface area contributed by atoms with Crippen molar-refractivity contribution < 1.29 is 18.9 Å². The third-order valence-corrected chi connectivity index (χ3v) is 11.2. The number of hydrogen-bond donors (Lipinski definition) is 1. The summed E-state index contributed by atoms with van der Waals surface area (Å²) in [5.41, 5.74) is 10.0. The molecule has 0 aliphatic carbocycles. The molecule has 11 heteroatoms. The molecule has 6 rings (SSSR count). The van der Waals surface area contributed by atoms with Gasteiger partial charge in [0.1, 0.15) is 42.4 Å². The number of methoxy groups -OCH3 is 1. The first-order chi connectivity index (χ1) is 28.3. The Labute approximate surface area is 349 Å². The molecule has 58 heavy (non-hydrogen) atoms. The second kappa shape index (κ2) is 21.2. The number of aromatic amines is 1. The number of ether oxygens (including phenoxy) is 4. The number of nitrogens with one attached hydrogen (secondary N) is 1. The van der Waals surface area contributed by atoms with Gasteiger partial charge in [0.25, 0.3) is 0 Å². The summed E-state index contributed by atoms with van der Waals surface area (Å²) in [6.45, 7) is 15.6. The number of imidazole rings is 1. The number of pyridine rings is 1. The largest absolute Gasteiger partial charge is 0.493 e. The summed E-state index contributed by atoms with van der Waals surface area (Å²) in [6.07, 6.45) is 8.66. The van der Waals surface area contributed by atoms with Crippen molar-refractivity contribution >= 4 is 11.6 Å². The van der Waals surface area contributed by atoms with Gasteiger partial charge in [0.15, 0.2) is 0 Å². The van der Waals surface area contributed by atoms with Crippen LogP contribution in [0.3, 0.4) is 0 Å². The van der Waals surface area contributed by atoms with Crippen molar-refractivity contribution in [3.63, 3.8) is 0 Å². The molecule has 0 radical (unpaired) electrons. The van der Waals surface area contributed by atoms with Crippen molar-refractivity contribution in [2.45, 2.75) is 86.1 Å². The zero-order valence-corrected chi connectivity index (χ0v) is 35.5. The summed E-state index contributed by atoms with van der Waals surface area (Å²) >= 11 is 7.02. The van der Waals surface area contributed by atoms with Crippen molar-refractivity contribution in [2.24, 2.45) is 0 Å². The van der Waals surface area contributed by atoms with Gasteiger partial charge in [0.2, 0.25) is 0 Å². The van der Waals surface area contributed by atoms with Gasteiger partial charge in [0, 0.05) is 62.0 Å². The van der Waals surface area contributed by atoms with Crippen LogP contribution in [-0.2, 0) is 43.9 Å². The molecule has 3 aromatic carbocycles. The molecule has 0 spiro atoms. The van der Waals surface area contributed by atoms with Gasteiger partial charge in [-0.3, -0.25) is 9.88 Å². The van der Waals surface area contributed by atoms with Gasteiger partial charge >= 0.3 is 0 Å². The number of rotatable bonds is 21. The van der Waals surface area contributed by atoms with Crippen LogP contribution in [0.1, 0.15) is 83.7 Å². The van der Waals surface area contributed by atoms with Gasteiger partial charge in [-0.1, -0.05) is 55.8 Å². The third-order valence-electron chi connectivity index (χ3n) is 10.9. The second-order valence-corrected chi connectivity index (χ2v) is 15.4. The minimum Gasteiger partial charge on any atom is -0.493 e. The maximum atomic E-state index is 9.46. The van der Waals surface area contributed by atoms with E-state index in [1.807, 2.05) is 12.1 Å². The van der Waals surface area contributed by atoms with Crippen molar-refractivity contribution in [2.75, 3.05) is 46.5 Å². The molecule has 0 atom stereocenters. The molecule has 3 heterocycles. The number of halogens is 1. The number of aromatic nitrogens is 3. The molecule has 1 fully saturated rings. The molecule has 1 N–H and O–H groups in total. The molecule has 0 unspecified atom stereocenters. The number of nitrogens with zero attached hydrogens (tertiary/aromatic N) is 5. The van der Waals surface area contributed by atoms with E-state index in [9.17, 15) is 5.26 Å². The average Bonchev–Trinajstić information content (AvgIpc) is 3.92. The van der Waals surface area contributed by atoms with Crippen molar-refractivity contribution in [1.29, 1.82) is 5.26 Å². The molecule has 306 valence electrons. The van der Waals surface area contributed by atoms with Crippen LogP contribution in [0, 0.1) is 25.2 Å². The van der Waals surface area contributed by atoms with Crippen LogP contribution in [0.25, 0.3) is 11.1 Å². The fraction of sp³-hybridized carbons (Fsp3) is 0.426. The van der Waals surface area contributed by atoms with Crippen LogP contribution in [0.5, 0.6) is 17.2 Å². The van der Waals surface area contributed by atoms with Crippen LogP contribution >= 0.6 is 11.6 Å². The third kappa shape index (κ3) is 11.2. The number of hydrogen-bond acceptors (Lipinski definition) is 9. The summed E-state index contributed by atoms with van der Waals surface area (Å²) < 4.78 is 24.8. The van der Waals surface area contributed by atoms with Gasteiger partial charge in [0.05, 0.1) is 36.0 Å². The minimum absolute atomic E-state index is 0.217. The highest BCUT2D eigenvalue weighted by Gasteiger charge is 2.19. The van der Waals surface area contributed by atoms with E-state index in [0.717, 1.165) is 82.0 Å². The van der Waals surface area contributed by atoms with E-state index in [1.54, 1.807) is 25.6 Å². The molecule has 1 aliphatic rings. The fourth-order valence-corrected chi connectivity index (χ4v) is 7.85. The number of benzene rings is 3. The molecule has 2 aromatic heterocycles. The molecule has 1 aliphatic heterocycles. The number of H-pyrrole nitrogens is 1. The SMILES string of the molecule is CCc1nc(CN(CCOC)Cc2cc(Cl)c(OCc3cccc(-c4cccc(OCCCN5CCCC5)c4C)c3C)cc2OCc2cncc(C#N)c2)[nH]c1CC. The molecule has 0 saturated carbocycles. The first-order valence-electron chi connectivity index (χ1n) is 20.5. The summed E-state index contributed by atoms with van der Waals surface area (Å²) in [5, 5.41) is 9.95. The Morgan fingerprint density at radius 3 is 2.36 bits per heavy atom. The number of likely N-dealkylation sites (tertiary alicyclic amines) is 1. The molecule has 0 amide bonds. The highest BCUT2D eigenvalue weighted by Crippen LogP contribution is 2.37. The Bertz CT molecular complexity index is 2140. The normalized spacial score (nSPS) is 12.9. The highest BCUT2D eigenvalue weighted by atomic mass is 35.5. The van der Waals surface area contributed by atoms with E-state index >= 15 is 0 Å². The standard InChI is InChI=1S/C47H57ClN6O4/c1-6-42-43(7-2)52-47(51-42)30-54(20-22-55-5)29-38-24-41(48)46(25-45(38)57-31-36-23-35(26-49)27-50-28-36)58-32-37-13-10-14-39(33(37)3)40-15-11-16-44(34(40)4)56-21-12-19-53-17-8-9-18-53/h10-11,13-16,23-25,27-28H,6-9,12,17-22,29-32H2,1-5H3,(H,51,52). The zero-order valence-electron chi connectivity index (χ0n) is 34.7. The topological polar surface area (TPSA) is 109 Å². The van der Waals surface area contributed by atoms with Crippen molar-refractivity contribution in [3.8, 4) is 34.4 Å². The van der Waals surface area contributed by atoms with Gasteiger partial charge in [-0.2, -0.15) is 5.26 Å². The Kier molecular flexibility index (Phi) is 15.6. The molecule has 1 saturated heterocycles. The predicted octanol–water partition coefficient (Wildman–Crippen LogP) is 9.41.